The number of carbonyl (C=O) groups excluding carboxylic acids is 1. The van der Waals surface area contributed by atoms with Gasteiger partial charge in [0.15, 0.2) is 0 Å². The summed E-state index contributed by atoms with van der Waals surface area (Å²) in [6, 6.07) is 36.8. The summed E-state index contributed by atoms with van der Waals surface area (Å²) in [5.74, 6) is -0.196. The van der Waals surface area contributed by atoms with E-state index in [0.29, 0.717) is 34.1 Å². The minimum Gasteiger partial charge on any atom is -0.368 e. The maximum absolute atomic E-state index is 14.4. The summed E-state index contributed by atoms with van der Waals surface area (Å²) < 4.78 is 1.72. The van der Waals surface area contributed by atoms with E-state index in [-0.39, 0.29) is 17.5 Å². The lowest BCUT2D eigenvalue weighted by atomic mass is 9.99. The van der Waals surface area contributed by atoms with Crippen molar-refractivity contribution in [2.24, 2.45) is 0 Å². The molecule has 1 fully saturated rings. The molecule has 0 radical (unpaired) electrons. The number of nitrogens with one attached hydrogen (secondary N) is 1. The van der Waals surface area contributed by atoms with Crippen LogP contribution in [0, 0.1) is 11.3 Å². The molecule has 7 nitrogen and oxygen atoms in total. The van der Waals surface area contributed by atoms with Crippen molar-refractivity contribution < 1.29 is 4.79 Å². The van der Waals surface area contributed by atoms with E-state index in [0.717, 1.165) is 49.5 Å². The second-order valence-electron chi connectivity index (χ2n) is 11.1. The smallest absolute Gasteiger partial charge is 0.263 e. The predicted molar refractivity (Wildman–Crippen MR) is 175 cm³/mol. The number of carbonyl (C=O) groups is 1. The molecule has 0 unspecified atom stereocenters. The monoisotopic (exact) mass is 581 g/mol. The summed E-state index contributed by atoms with van der Waals surface area (Å²) in [5, 5.41) is 14.1. The molecule has 0 aliphatic carbocycles. The summed E-state index contributed by atoms with van der Waals surface area (Å²) in [5.41, 5.74) is 4.42. The third-order valence-corrected chi connectivity index (χ3v) is 8.46. The SMILES string of the molecule is CC[C@H](NC(=O)c1c(CN2CCN(c3ccccc3C#N)CC2)n(-c2ccccc2)c(=O)c2ccccc12)c1ccccc1. The maximum Gasteiger partial charge on any atom is 0.263 e. The summed E-state index contributed by atoms with van der Waals surface area (Å²) in [6.45, 7) is 5.39. The molecule has 1 aliphatic rings. The predicted octanol–water partition coefficient (Wildman–Crippen LogP) is 6.07. The Morgan fingerprint density at radius 1 is 0.818 bits per heavy atom. The summed E-state index contributed by atoms with van der Waals surface area (Å²) >= 11 is 0. The number of benzene rings is 4. The fourth-order valence-electron chi connectivity index (χ4n) is 6.19. The molecule has 4 aromatic carbocycles. The van der Waals surface area contributed by atoms with E-state index >= 15 is 0 Å². The van der Waals surface area contributed by atoms with Crippen LogP contribution in [0.3, 0.4) is 0 Å². The second-order valence-corrected chi connectivity index (χ2v) is 11.1. The van der Waals surface area contributed by atoms with Crippen molar-refractivity contribution in [3.05, 3.63) is 142 Å². The third kappa shape index (κ3) is 5.72. The fraction of sp³-hybridized carbons (Fsp3) is 0.216. The molecule has 1 saturated heterocycles. The number of piperazine rings is 1. The number of nitrogens with zero attached hydrogens (tertiary/aromatic N) is 4. The molecular formula is C37H35N5O2. The molecule has 0 spiro atoms. The first-order valence-corrected chi connectivity index (χ1v) is 15.1. The number of aromatic nitrogens is 1. The molecule has 1 aromatic heterocycles. The first kappa shape index (κ1) is 28.9. The van der Waals surface area contributed by atoms with E-state index in [1.54, 1.807) is 10.6 Å². The van der Waals surface area contributed by atoms with Crippen molar-refractivity contribution in [1.29, 1.82) is 5.26 Å². The average molecular weight is 582 g/mol. The van der Waals surface area contributed by atoms with Crippen LogP contribution in [-0.2, 0) is 6.54 Å². The zero-order chi connectivity index (χ0) is 30.5. The average Bonchev–Trinajstić information content (AvgIpc) is 3.08. The topological polar surface area (TPSA) is 81.4 Å². The Morgan fingerprint density at radius 2 is 1.43 bits per heavy atom. The van der Waals surface area contributed by atoms with Gasteiger partial charge in [-0.2, -0.15) is 5.26 Å². The Kier molecular flexibility index (Phi) is 8.53. The molecule has 1 N–H and O–H groups in total. The number of nitriles is 1. The van der Waals surface area contributed by atoms with Gasteiger partial charge in [0.05, 0.1) is 28.6 Å². The Morgan fingerprint density at radius 3 is 2.11 bits per heavy atom. The standard InChI is InChI=1S/C37H35N5O2/c1-2-32(27-13-5-3-6-14-27)39-36(43)35-30-18-10-11-19-31(30)37(44)42(29-16-7-4-8-17-29)34(35)26-40-21-23-41(24-22-40)33-20-12-9-15-28(33)25-38/h3-20,32H,2,21-24,26H2,1H3,(H,39,43)/t32-/m0/s1. The lowest BCUT2D eigenvalue weighted by Gasteiger charge is -2.37. The quantitative estimate of drug-likeness (QED) is 0.241. The van der Waals surface area contributed by atoms with Gasteiger partial charge in [-0.1, -0.05) is 85.8 Å². The zero-order valence-electron chi connectivity index (χ0n) is 24.8. The van der Waals surface area contributed by atoms with Crippen LogP contribution in [0.4, 0.5) is 5.69 Å². The summed E-state index contributed by atoms with van der Waals surface area (Å²) in [4.78, 5) is 33.1. The molecule has 6 rings (SSSR count). The Bertz CT molecular complexity index is 1870. The highest BCUT2D eigenvalue weighted by Gasteiger charge is 2.27. The minimum atomic E-state index is -0.196. The highest BCUT2D eigenvalue weighted by atomic mass is 16.2. The number of hydrogen-bond acceptors (Lipinski definition) is 5. The number of rotatable bonds is 8. The van der Waals surface area contributed by atoms with Gasteiger partial charge >= 0.3 is 0 Å². The van der Waals surface area contributed by atoms with Crippen LogP contribution < -0.4 is 15.8 Å². The van der Waals surface area contributed by atoms with Crippen LogP contribution >= 0.6 is 0 Å². The van der Waals surface area contributed by atoms with Gasteiger partial charge < -0.3 is 10.2 Å². The number of amides is 1. The Labute approximate surface area is 257 Å². The molecule has 0 saturated carbocycles. The van der Waals surface area contributed by atoms with Crippen molar-refractivity contribution >= 4 is 22.4 Å². The van der Waals surface area contributed by atoms with Crippen LogP contribution in [0.25, 0.3) is 16.5 Å². The van der Waals surface area contributed by atoms with Gasteiger partial charge in [0, 0.05) is 49.2 Å². The number of pyridine rings is 1. The maximum atomic E-state index is 14.4. The summed E-state index contributed by atoms with van der Waals surface area (Å²) in [7, 11) is 0. The van der Waals surface area contributed by atoms with E-state index in [2.05, 4.69) is 28.1 Å². The highest BCUT2D eigenvalue weighted by molar-refractivity contribution is 6.08. The van der Waals surface area contributed by atoms with Crippen molar-refractivity contribution in [1.82, 2.24) is 14.8 Å². The van der Waals surface area contributed by atoms with Gasteiger partial charge in [-0.25, -0.2) is 0 Å². The van der Waals surface area contributed by atoms with Crippen LogP contribution in [0.15, 0.2) is 114 Å². The van der Waals surface area contributed by atoms with Gasteiger partial charge in [0.25, 0.3) is 11.5 Å². The van der Waals surface area contributed by atoms with E-state index < -0.39 is 0 Å². The van der Waals surface area contributed by atoms with Crippen molar-refractivity contribution in [2.45, 2.75) is 25.9 Å². The molecule has 5 aromatic rings. The number of fused-ring (bicyclic) bond motifs is 1. The molecule has 2 heterocycles. The molecule has 1 atom stereocenters. The van der Waals surface area contributed by atoms with Crippen molar-refractivity contribution in [2.75, 3.05) is 31.1 Å². The van der Waals surface area contributed by atoms with Crippen molar-refractivity contribution in [3.63, 3.8) is 0 Å². The highest BCUT2D eigenvalue weighted by Crippen LogP contribution is 2.27. The molecule has 0 bridgehead atoms. The van der Waals surface area contributed by atoms with Crippen LogP contribution in [0.1, 0.15) is 46.6 Å². The molecule has 44 heavy (non-hydrogen) atoms. The molecule has 1 amide bonds. The summed E-state index contributed by atoms with van der Waals surface area (Å²) in [6.07, 6.45) is 0.730. The minimum absolute atomic E-state index is 0.143. The Hall–Kier alpha value is -5.19. The fourth-order valence-corrected chi connectivity index (χ4v) is 6.19. The van der Waals surface area contributed by atoms with E-state index in [9.17, 15) is 14.9 Å². The van der Waals surface area contributed by atoms with E-state index in [4.69, 9.17) is 0 Å². The normalized spacial score (nSPS) is 14.2. The number of hydrogen-bond donors (Lipinski definition) is 1. The van der Waals surface area contributed by atoms with Crippen LogP contribution in [0.2, 0.25) is 0 Å². The second kappa shape index (κ2) is 13.0. The number of para-hydroxylation sites is 2. The van der Waals surface area contributed by atoms with E-state index in [1.165, 1.54) is 0 Å². The third-order valence-electron chi connectivity index (χ3n) is 8.46. The first-order valence-electron chi connectivity index (χ1n) is 15.1. The molecule has 7 heteroatoms. The van der Waals surface area contributed by atoms with Gasteiger partial charge in [-0.15, -0.1) is 0 Å². The molecule has 1 aliphatic heterocycles. The van der Waals surface area contributed by atoms with Gasteiger partial charge in [-0.3, -0.25) is 19.1 Å². The lowest BCUT2D eigenvalue weighted by Crippen LogP contribution is -2.47. The Balaban J connectivity index is 1.42. The van der Waals surface area contributed by atoms with E-state index in [1.807, 2.05) is 103 Å². The molecular weight excluding hydrogens is 546 g/mol. The molecule has 220 valence electrons. The lowest BCUT2D eigenvalue weighted by molar-refractivity contribution is 0.0934. The van der Waals surface area contributed by atoms with Gasteiger partial charge in [0.1, 0.15) is 6.07 Å². The van der Waals surface area contributed by atoms with Gasteiger partial charge in [-0.05, 0) is 42.3 Å². The van der Waals surface area contributed by atoms with Crippen LogP contribution in [-0.4, -0.2) is 41.6 Å². The van der Waals surface area contributed by atoms with Crippen molar-refractivity contribution in [3.8, 4) is 11.8 Å². The largest absolute Gasteiger partial charge is 0.368 e. The zero-order valence-corrected chi connectivity index (χ0v) is 24.8. The van der Waals surface area contributed by atoms with Crippen LogP contribution in [0.5, 0.6) is 0 Å². The van der Waals surface area contributed by atoms with Gasteiger partial charge in [0.2, 0.25) is 0 Å². The number of anilines is 1. The first-order chi connectivity index (χ1) is 21.6.